The molecule has 0 aromatic carbocycles. The summed E-state index contributed by atoms with van der Waals surface area (Å²) in [5.74, 6) is 0. The lowest BCUT2D eigenvalue weighted by molar-refractivity contribution is -0.0945. The molecule has 0 aliphatic carbocycles. The van der Waals surface area contributed by atoms with Crippen molar-refractivity contribution in [3.8, 4) is 0 Å². The minimum Gasteiger partial charge on any atom is -0.390 e. The SMILES string of the molecule is C=C[C@H](OCOC)[C@H](O)CCCC. The van der Waals surface area contributed by atoms with E-state index in [4.69, 9.17) is 9.47 Å². The summed E-state index contributed by atoms with van der Waals surface area (Å²) >= 11 is 0. The molecule has 3 nitrogen and oxygen atoms in total. The van der Waals surface area contributed by atoms with E-state index in [1.807, 2.05) is 0 Å². The van der Waals surface area contributed by atoms with Gasteiger partial charge < -0.3 is 14.6 Å². The van der Waals surface area contributed by atoms with E-state index in [0.29, 0.717) is 0 Å². The first kappa shape index (κ1) is 12.6. The smallest absolute Gasteiger partial charge is 0.147 e. The predicted molar refractivity (Wildman–Crippen MR) is 52.5 cm³/mol. The number of methoxy groups -OCH3 is 1. The first-order chi connectivity index (χ1) is 6.26. The van der Waals surface area contributed by atoms with Crippen molar-refractivity contribution in [2.45, 2.75) is 38.4 Å². The van der Waals surface area contributed by atoms with Crippen molar-refractivity contribution in [2.75, 3.05) is 13.9 Å². The zero-order valence-electron chi connectivity index (χ0n) is 8.53. The van der Waals surface area contributed by atoms with Gasteiger partial charge in [-0.1, -0.05) is 25.8 Å². The fourth-order valence-corrected chi connectivity index (χ4v) is 1.06. The van der Waals surface area contributed by atoms with E-state index in [1.165, 1.54) is 0 Å². The van der Waals surface area contributed by atoms with Crippen LogP contribution in [0.2, 0.25) is 0 Å². The highest BCUT2D eigenvalue weighted by atomic mass is 16.7. The summed E-state index contributed by atoms with van der Waals surface area (Å²) in [5.41, 5.74) is 0. The average molecular weight is 188 g/mol. The Bertz CT molecular complexity index is 125. The Hall–Kier alpha value is -0.380. The Labute approximate surface area is 80.4 Å². The highest BCUT2D eigenvalue weighted by Crippen LogP contribution is 2.08. The molecule has 0 aliphatic rings. The van der Waals surface area contributed by atoms with Crippen LogP contribution in [0.15, 0.2) is 12.7 Å². The average Bonchev–Trinajstić information content (AvgIpc) is 2.16. The van der Waals surface area contributed by atoms with Gasteiger partial charge >= 0.3 is 0 Å². The largest absolute Gasteiger partial charge is 0.390 e. The van der Waals surface area contributed by atoms with Crippen molar-refractivity contribution < 1.29 is 14.6 Å². The van der Waals surface area contributed by atoms with Crippen LogP contribution in [-0.4, -0.2) is 31.2 Å². The molecular formula is C10H20O3. The number of hydrogen-bond donors (Lipinski definition) is 1. The Balaban J connectivity index is 3.70. The van der Waals surface area contributed by atoms with Gasteiger partial charge in [0.2, 0.25) is 0 Å². The number of rotatable bonds is 8. The molecule has 0 unspecified atom stereocenters. The van der Waals surface area contributed by atoms with Gasteiger partial charge in [0.05, 0.1) is 6.10 Å². The standard InChI is InChI=1S/C10H20O3/c1-4-6-7-9(11)10(5-2)13-8-12-3/h5,9-11H,2,4,6-8H2,1,3H3/t9-,10+/m1/s1. The fraction of sp³-hybridized carbons (Fsp3) is 0.800. The van der Waals surface area contributed by atoms with Gasteiger partial charge in [-0.05, 0) is 6.42 Å². The van der Waals surface area contributed by atoms with Crippen molar-refractivity contribution in [2.24, 2.45) is 0 Å². The predicted octanol–water partition coefficient (Wildman–Crippen LogP) is 1.71. The third-order valence-corrected chi connectivity index (χ3v) is 1.84. The molecule has 3 heteroatoms. The number of ether oxygens (including phenoxy) is 2. The minimum absolute atomic E-state index is 0.194. The maximum atomic E-state index is 9.61. The molecule has 0 spiro atoms. The highest BCUT2D eigenvalue weighted by molar-refractivity contribution is 4.85. The van der Waals surface area contributed by atoms with Crippen LogP contribution in [0.3, 0.4) is 0 Å². The van der Waals surface area contributed by atoms with Gasteiger partial charge in [0, 0.05) is 7.11 Å². The lowest BCUT2D eigenvalue weighted by Gasteiger charge is -2.19. The molecule has 0 heterocycles. The van der Waals surface area contributed by atoms with E-state index in [1.54, 1.807) is 13.2 Å². The number of aliphatic hydroxyl groups is 1. The summed E-state index contributed by atoms with van der Waals surface area (Å²) in [6.07, 6.45) is 3.66. The number of hydrogen-bond acceptors (Lipinski definition) is 3. The maximum absolute atomic E-state index is 9.61. The molecule has 0 aromatic rings. The van der Waals surface area contributed by atoms with Crippen LogP contribution in [0.25, 0.3) is 0 Å². The summed E-state index contributed by atoms with van der Waals surface area (Å²) in [6.45, 7) is 5.89. The van der Waals surface area contributed by atoms with E-state index < -0.39 is 6.10 Å². The van der Waals surface area contributed by atoms with Gasteiger partial charge in [-0.2, -0.15) is 0 Å². The third kappa shape index (κ3) is 5.80. The summed E-state index contributed by atoms with van der Waals surface area (Å²) < 4.78 is 9.96. The van der Waals surface area contributed by atoms with E-state index in [2.05, 4.69) is 13.5 Å². The molecule has 0 aromatic heterocycles. The van der Waals surface area contributed by atoms with E-state index in [9.17, 15) is 5.11 Å². The summed E-state index contributed by atoms with van der Waals surface area (Å²) in [4.78, 5) is 0. The third-order valence-electron chi connectivity index (χ3n) is 1.84. The molecule has 0 rings (SSSR count). The van der Waals surface area contributed by atoms with Crippen LogP contribution in [-0.2, 0) is 9.47 Å². The molecule has 0 fully saturated rings. The number of unbranched alkanes of at least 4 members (excludes halogenated alkanes) is 1. The van der Waals surface area contributed by atoms with Crippen LogP contribution in [0.1, 0.15) is 26.2 Å². The molecule has 0 amide bonds. The second-order valence-corrected chi connectivity index (χ2v) is 2.98. The van der Waals surface area contributed by atoms with Crippen LogP contribution >= 0.6 is 0 Å². The fourth-order valence-electron chi connectivity index (χ4n) is 1.06. The topological polar surface area (TPSA) is 38.7 Å². The Morgan fingerprint density at radius 1 is 1.54 bits per heavy atom. The molecule has 0 radical (unpaired) electrons. The normalized spacial score (nSPS) is 15.3. The first-order valence-electron chi connectivity index (χ1n) is 4.67. The second-order valence-electron chi connectivity index (χ2n) is 2.98. The molecule has 13 heavy (non-hydrogen) atoms. The second kappa shape index (κ2) is 8.23. The van der Waals surface area contributed by atoms with Crippen LogP contribution in [0, 0.1) is 0 Å². The molecule has 0 saturated carbocycles. The van der Waals surface area contributed by atoms with Crippen molar-refractivity contribution in [3.05, 3.63) is 12.7 Å². The van der Waals surface area contributed by atoms with Crippen LogP contribution in [0.4, 0.5) is 0 Å². The monoisotopic (exact) mass is 188 g/mol. The van der Waals surface area contributed by atoms with Crippen molar-refractivity contribution in [3.63, 3.8) is 0 Å². The maximum Gasteiger partial charge on any atom is 0.147 e. The quantitative estimate of drug-likeness (QED) is 0.465. The molecule has 0 bridgehead atoms. The molecule has 0 aliphatic heterocycles. The molecular weight excluding hydrogens is 168 g/mol. The van der Waals surface area contributed by atoms with Gasteiger partial charge in [-0.25, -0.2) is 0 Å². The van der Waals surface area contributed by atoms with E-state index in [0.717, 1.165) is 19.3 Å². The molecule has 0 saturated heterocycles. The lowest BCUT2D eigenvalue weighted by atomic mass is 10.1. The van der Waals surface area contributed by atoms with Gasteiger partial charge in [-0.3, -0.25) is 0 Å². The Morgan fingerprint density at radius 2 is 2.23 bits per heavy atom. The summed E-state index contributed by atoms with van der Waals surface area (Å²) in [5, 5.41) is 9.61. The van der Waals surface area contributed by atoms with Crippen molar-refractivity contribution >= 4 is 0 Å². The first-order valence-corrected chi connectivity index (χ1v) is 4.67. The van der Waals surface area contributed by atoms with Gasteiger partial charge in [-0.15, -0.1) is 6.58 Å². The van der Waals surface area contributed by atoms with Crippen molar-refractivity contribution in [1.29, 1.82) is 0 Å². The summed E-state index contributed by atoms with van der Waals surface area (Å²) in [7, 11) is 1.55. The minimum atomic E-state index is -0.465. The van der Waals surface area contributed by atoms with Crippen molar-refractivity contribution in [1.82, 2.24) is 0 Å². The Morgan fingerprint density at radius 3 is 2.69 bits per heavy atom. The van der Waals surface area contributed by atoms with Gasteiger partial charge in [0.1, 0.15) is 12.9 Å². The van der Waals surface area contributed by atoms with Gasteiger partial charge in [0.25, 0.3) is 0 Å². The highest BCUT2D eigenvalue weighted by Gasteiger charge is 2.15. The van der Waals surface area contributed by atoms with E-state index in [-0.39, 0.29) is 12.9 Å². The van der Waals surface area contributed by atoms with Gasteiger partial charge in [0.15, 0.2) is 0 Å². The lowest BCUT2D eigenvalue weighted by Crippen LogP contribution is -2.27. The Kier molecular flexibility index (Phi) is 7.99. The number of aliphatic hydroxyl groups excluding tert-OH is 1. The molecule has 1 N–H and O–H groups in total. The van der Waals surface area contributed by atoms with Crippen LogP contribution in [0.5, 0.6) is 0 Å². The zero-order valence-corrected chi connectivity index (χ0v) is 8.53. The molecule has 2 atom stereocenters. The summed E-state index contributed by atoms with van der Waals surface area (Å²) in [6, 6.07) is 0. The van der Waals surface area contributed by atoms with Crippen LogP contribution < -0.4 is 0 Å². The van der Waals surface area contributed by atoms with E-state index >= 15 is 0 Å². The zero-order chi connectivity index (χ0) is 10.1. The molecule has 78 valence electrons.